The second-order valence-electron chi connectivity index (χ2n) is 5.91. The molecule has 1 aliphatic heterocycles. The second-order valence-corrected chi connectivity index (χ2v) is 5.91. The predicted molar refractivity (Wildman–Crippen MR) is 77.1 cm³/mol. The lowest BCUT2D eigenvalue weighted by Crippen LogP contribution is -2.59. The van der Waals surface area contributed by atoms with Gasteiger partial charge in [-0.1, -0.05) is 20.8 Å². The molecule has 1 unspecified atom stereocenters. The van der Waals surface area contributed by atoms with Crippen LogP contribution in [0.15, 0.2) is 0 Å². The van der Waals surface area contributed by atoms with Crippen molar-refractivity contribution in [3.63, 3.8) is 0 Å². The first-order valence-electron chi connectivity index (χ1n) is 7.34. The van der Waals surface area contributed by atoms with Crippen molar-refractivity contribution in [3.05, 3.63) is 0 Å². The van der Waals surface area contributed by atoms with Gasteiger partial charge in [-0.15, -0.1) is 0 Å². The van der Waals surface area contributed by atoms with Crippen molar-refractivity contribution >= 4 is 17.8 Å². The number of aliphatic carboxylic acids is 1. The molecular weight excluding hydrogens is 274 g/mol. The number of hydrogen-bond donors (Lipinski definition) is 3. The lowest BCUT2D eigenvalue weighted by atomic mass is 9.97. The summed E-state index contributed by atoms with van der Waals surface area (Å²) in [6.45, 7) is 7.76. The fourth-order valence-electron chi connectivity index (χ4n) is 2.07. The SMILES string of the molecule is CC(C)[C@H](C)C(=O)N[C@@H](C)C(=O)N1CCCC(C(=O)O)N1. The molecule has 0 aliphatic carbocycles. The van der Waals surface area contributed by atoms with Gasteiger partial charge in [-0.25, -0.2) is 5.43 Å². The Hall–Kier alpha value is -1.63. The third kappa shape index (κ3) is 4.70. The quantitative estimate of drug-likeness (QED) is 0.681. The first-order chi connectivity index (χ1) is 9.73. The number of carboxylic acids is 1. The fourth-order valence-corrected chi connectivity index (χ4v) is 2.07. The van der Waals surface area contributed by atoms with Crippen molar-refractivity contribution in [2.45, 2.75) is 52.6 Å². The number of carbonyl (C=O) groups excluding carboxylic acids is 2. The maximum absolute atomic E-state index is 12.2. The van der Waals surface area contributed by atoms with Gasteiger partial charge in [-0.3, -0.25) is 19.4 Å². The highest BCUT2D eigenvalue weighted by molar-refractivity contribution is 5.88. The smallest absolute Gasteiger partial charge is 0.322 e. The third-order valence-electron chi connectivity index (χ3n) is 3.89. The molecule has 0 bridgehead atoms. The van der Waals surface area contributed by atoms with Crippen LogP contribution in [0.3, 0.4) is 0 Å². The van der Waals surface area contributed by atoms with Crippen molar-refractivity contribution < 1.29 is 19.5 Å². The lowest BCUT2D eigenvalue weighted by molar-refractivity contribution is -0.148. The molecular formula is C14H25N3O4. The zero-order valence-electron chi connectivity index (χ0n) is 13.0. The van der Waals surface area contributed by atoms with E-state index in [9.17, 15) is 14.4 Å². The van der Waals surface area contributed by atoms with Crippen molar-refractivity contribution in [2.24, 2.45) is 11.8 Å². The molecule has 1 rings (SSSR count). The molecule has 0 radical (unpaired) electrons. The zero-order chi connectivity index (χ0) is 16.2. The molecule has 1 aliphatic rings. The van der Waals surface area contributed by atoms with Crippen LogP contribution < -0.4 is 10.7 Å². The molecule has 120 valence electrons. The van der Waals surface area contributed by atoms with Gasteiger partial charge >= 0.3 is 5.97 Å². The van der Waals surface area contributed by atoms with Crippen LogP contribution in [0.25, 0.3) is 0 Å². The summed E-state index contributed by atoms with van der Waals surface area (Å²) in [5, 5.41) is 13.0. The van der Waals surface area contributed by atoms with Crippen LogP contribution in [-0.4, -0.2) is 46.5 Å². The molecule has 0 saturated carbocycles. The molecule has 3 N–H and O–H groups in total. The van der Waals surface area contributed by atoms with Crippen LogP contribution in [-0.2, 0) is 14.4 Å². The Kier molecular flexibility index (Phi) is 6.14. The molecule has 1 saturated heterocycles. The van der Waals surface area contributed by atoms with Crippen LogP contribution in [0.1, 0.15) is 40.5 Å². The van der Waals surface area contributed by atoms with Crippen LogP contribution in [0.2, 0.25) is 0 Å². The highest BCUT2D eigenvalue weighted by Gasteiger charge is 2.31. The van der Waals surface area contributed by atoms with E-state index >= 15 is 0 Å². The number of nitrogens with one attached hydrogen (secondary N) is 2. The van der Waals surface area contributed by atoms with E-state index in [1.807, 2.05) is 20.8 Å². The molecule has 1 heterocycles. The van der Waals surface area contributed by atoms with Crippen molar-refractivity contribution in [1.82, 2.24) is 15.8 Å². The summed E-state index contributed by atoms with van der Waals surface area (Å²) < 4.78 is 0. The Morgan fingerprint density at radius 1 is 1.24 bits per heavy atom. The van der Waals surface area contributed by atoms with Gasteiger partial charge in [0.2, 0.25) is 5.91 Å². The molecule has 7 heteroatoms. The second kappa shape index (κ2) is 7.40. The standard InChI is InChI=1S/C14H25N3O4/c1-8(2)9(3)12(18)15-10(4)13(19)17-7-5-6-11(16-17)14(20)21/h8-11,16H,5-7H2,1-4H3,(H,15,18)(H,20,21)/t9-,10-,11?/m0/s1. The largest absolute Gasteiger partial charge is 0.480 e. The van der Waals surface area contributed by atoms with Crippen LogP contribution in [0.4, 0.5) is 0 Å². The van der Waals surface area contributed by atoms with E-state index in [1.165, 1.54) is 5.01 Å². The Morgan fingerprint density at radius 2 is 1.86 bits per heavy atom. The number of carboxylic acid groups (broad SMARTS) is 1. The van der Waals surface area contributed by atoms with E-state index in [-0.39, 0.29) is 23.7 Å². The maximum Gasteiger partial charge on any atom is 0.322 e. The fraction of sp³-hybridized carbons (Fsp3) is 0.786. The van der Waals surface area contributed by atoms with Crippen LogP contribution in [0, 0.1) is 11.8 Å². The summed E-state index contributed by atoms with van der Waals surface area (Å²) in [6, 6.07) is -1.43. The van der Waals surface area contributed by atoms with Gasteiger partial charge in [0.05, 0.1) is 0 Å². The minimum atomic E-state index is -0.974. The monoisotopic (exact) mass is 299 g/mol. The van der Waals surface area contributed by atoms with Crippen molar-refractivity contribution in [2.75, 3.05) is 6.54 Å². The van der Waals surface area contributed by atoms with E-state index in [2.05, 4.69) is 10.7 Å². The molecule has 21 heavy (non-hydrogen) atoms. The average molecular weight is 299 g/mol. The minimum Gasteiger partial charge on any atom is -0.480 e. The third-order valence-corrected chi connectivity index (χ3v) is 3.89. The Bertz CT molecular complexity index is 411. The number of nitrogens with zero attached hydrogens (tertiary/aromatic N) is 1. The highest BCUT2D eigenvalue weighted by Crippen LogP contribution is 2.11. The molecule has 0 aromatic heterocycles. The molecule has 0 aromatic rings. The topological polar surface area (TPSA) is 98.7 Å². The van der Waals surface area contributed by atoms with Gasteiger partial charge < -0.3 is 10.4 Å². The zero-order valence-corrected chi connectivity index (χ0v) is 13.0. The average Bonchev–Trinajstić information content (AvgIpc) is 2.45. The first-order valence-corrected chi connectivity index (χ1v) is 7.34. The van der Waals surface area contributed by atoms with Crippen molar-refractivity contribution in [1.29, 1.82) is 0 Å². The number of hydrazine groups is 1. The van der Waals surface area contributed by atoms with Gasteiger partial charge in [-0.05, 0) is 25.7 Å². The Balaban J connectivity index is 2.57. The summed E-state index contributed by atoms with van der Waals surface area (Å²) in [5.41, 5.74) is 2.69. The van der Waals surface area contributed by atoms with E-state index < -0.39 is 18.1 Å². The molecule has 3 atom stereocenters. The molecule has 2 amide bonds. The van der Waals surface area contributed by atoms with Gasteiger partial charge in [-0.2, -0.15) is 0 Å². The Labute approximate surface area is 125 Å². The Morgan fingerprint density at radius 3 is 2.38 bits per heavy atom. The van der Waals surface area contributed by atoms with Gasteiger partial charge in [0.15, 0.2) is 0 Å². The number of hydrogen-bond acceptors (Lipinski definition) is 4. The van der Waals surface area contributed by atoms with Gasteiger partial charge in [0, 0.05) is 12.5 Å². The molecule has 1 fully saturated rings. The number of rotatable bonds is 5. The van der Waals surface area contributed by atoms with Gasteiger partial charge in [0.1, 0.15) is 12.1 Å². The molecule has 0 spiro atoms. The summed E-state index contributed by atoms with van der Waals surface area (Å²) in [6.07, 6.45) is 1.11. The number of amides is 2. The van der Waals surface area contributed by atoms with Crippen molar-refractivity contribution in [3.8, 4) is 0 Å². The number of carbonyl (C=O) groups is 3. The maximum atomic E-state index is 12.2. The predicted octanol–water partition coefficient (Wildman–Crippen LogP) is 0.363. The summed E-state index contributed by atoms with van der Waals surface area (Å²) in [5.74, 6) is -1.45. The summed E-state index contributed by atoms with van der Waals surface area (Å²) in [4.78, 5) is 35.2. The van der Waals surface area contributed by atoms with E-state index in [4.69, 9.17) is 5.11 Å². The normalized spacial score (nSPS) is 21.8. The van der Waals surface area contributed by atoms with Crippen LogP contribution >= 0.6 is 0 Å². The molecule has 0 aromatic carbocycles. The summed E-state index contributed by atoms with van der Waals surface area (Å²) >= 11 is 0. The van der Waals surface area contributed by atoms with E-state index in [0.717, 1.165) is 0 Å². The van der Waals surface area contributed by atoms with Gasteiger partial charge in [0.25, 0.3) is 5.91 Å². The first kappa shape index (κ1) is 17.4. The summed E-state index contributed by atoms with van der Waals surface area (Å²) in [7, 11) is 0. The van der Waals surface area contributed by atoms with Crippen LogP contribution in [0.5, 0.6) is 0 Å². The highest BCUT2D eigenvalue weighted by atomic mass is 16.4. The lowest BCUT2D eigenvalue weighted by Gasteiger charge is -2.33. The van der Waals surface area contributed by atoms with E-state index in [0.29, 0.717) is 19.4 Å². The van der Waals surface area contributed by atoms with E-state index in [1.54, 1.807) is 6.92 Å². The minimum absolute atomic E-state index is 0.169. The molecule has 7 nitrogen and oxygen atoms in total.